The molecule has 318 valence electrons. The van der Waals surface area contributed by atoms with E-state index in [1.54, 1.807) is 12.7 Å². The van der Waals surface area contributed by atoms with E-state index in [1.165, 1.54) is 103 Å². The summed E-state index contributed by atoms with van der Waals surface area (Å²) >= 11 is 0. The molecule has 60 heavy (non-hydrogen) atoms. The molecule has 0 spiro atoms. The minimum atomic E-state index is 0.599. The van der Waals surface area contributed by atoms with E-state index in [9.17, 15) is 0 Å². The summed E-state index contributed by atoms with van der Waals surface area (Å²) in [6, 6.07) is 8.40. The summed E-state index contributed by atoms with van der Waals surface area (Å²) in [5, 5.41) is 0. The lowest BCUT2D eigenvalue weighted by molar-refractivity contribution is 0.301. The molecule has 0 fully saturated rings. The number of nitrogens with one attached hydrogen (secondary N) is 4. The molecular weight excluding hydrogens is 745 g/mol. The Morgan fingerprint density at radius 1 is 0.417 bits per heavy atom. The number of hydrogen-bond donors (Lipinski definition) is 4. The molecule has 0 atom stereocenters. The second-order valence-electron chi connectivity index (χ2n) is 16.4. The number of imidazole rings is 2. The van der Waals surface area contributed by atoms with E-state index >= 15 is 0 Å². The van der Waals surface area contributed by atoms with Crippen molar-refractivity contribution in [2.75, 3.05) is 13.2 Å². The number of aromatic amines is 4. The highest BCUT2D eigenvalue weighted by Crippen LogP contribution is 2.36. The average Bonchev–Trinajstić information content (AvgIpc) is 4.12. The topological polar surface area (TPSA) is 133 Å². The predicted octanol–water partition coefficient (Wildman–Crippen LogP) is 14.0. The predicted molar refractivity (Wildman–Crippen MR) is 249 cm³/mol. The SMILES string of the molecule is CCCCCCCCCCCCOc1c2nc(c(-c3cnc[nH]3)c3ccc([nH]3)c(OCCCCCCCCCCCC)c3ccc([nH]3)c(-c3cnc[nH]3)c3nc1C=C3)C=C2. The van der Waals surface area contributed by atoms with Gasteiger partial charge in [0.15, 0.2) is 11.5 Å². The first-order valence-corrected chi connectivity index (χ1v) is 23.1. The third-order valence-electron chi connectivity index (χ3n) is 11.7. The second-order valence-corrected chi connectivity index (χ2v) is 16.4. The quantitative estimate of drug-likeness (QED) is 0.0403. The minimum absolute atomic E-state index is 0.599. The molecule has 8 bridgehead atoms. The molecule has 10 heteroatoms. The summed E-state index contributed by atoms with van der Waals surface area (Å²) in [6.45, 7) is 5.78. The molecule has 0 unspecified atom stereocenters. The molecule has 4 N–H and O–H groups in total. The van der Waals surface area contributed by atoms with Crippen LogP contribution in [0, 0.1) is 0 Å². The van der Waals surface area contributed by atoms with Gasteiger partial charge >= 0.3 is 0 Å². The number of nitrogens with zero attached hydrogens (tertiary/aromatic N) is 4. The molecule has 7 rings (SSSR count). The van der Waals surface area contributed by atoms with E-state index in [2.05, 4.69) is 80.2 Å². The molecule has 0 saturated carbocycles. The molecular formula is C50H66N8O2. The van der Waals surface area contributed by atoms with Gasteiger partial charge in [0.2, 0.25) is 0 Å². The van der Waals surface area contributed by atoms with Crippen molar-refractivity contribution in [2.24, 2.45) is 0 Å². The number of aromatic nitrogens is 8. The molecule has 2 aliphatic heterocycles. The molecule has 0 aromatic carbocycles. The zero-order chi connectivity index (χ0) is 41.2. The zero-order valence-electron chi connectivity index (χ0n) is 36.1. The van der Waals surface area contributed by atoms with Crippen LogP contribution >= 0.6 is 0 Å². The molecule has 0 radical (unpaired) electrons. The third-order valence-corrected chi connectivity index (χ3v) is 11.7. The molecule has 2 aliphatic rings. The first kappa shape index (κ1) is 42.7. The van der Waals surface area contributed by atoms with Gasteiger partial charge in [-0.3, -0.25) is 0 Å². The van der Waals surface area contributed by atoms with Crippen molar-refractivity contribution in [1.29, 1.82) is 0 Å². The van der Waals surface area contributed by atoms with E-state index in [0.717, 1.165) is 98.8 Å². The standard InChI is InChI=1S/C50H66N8O2/c1-3-5-7-9-11-13-15-17-19-21-31-59-49-41-27-23-37(55-41)47(45-33-51-35-53-45)39-25-29-43(57-39)50(60-32-22-20-18-16-14-12-10-8-6-4-2)44-30-26-40(58-44)48(46-34-52-36-54-46)38-24-28-42(49)56-38/h23-30,33-36,55-56H,3-22,31-32H2,1-2H3,(H,51,53)(H,52,54). The molecule has 5 aromatic heterocycles. The minimum Gasteiger partial charge on any atom is -0.489 e. The average molecular weight is 811 g/mol. The number of hydrogen-bond acceptors (Lipinski definition) is 6. The summed E-state index contributed by atoms with van der Waals surface area (Å²) in [5.41, 5.74) is 10.2. The van der Waals surface area contributed by atoms with Crippen molar-refractivity contribution in [2.45, 2.75) is 142 Å². The van der Waals surface area contributed by atoms with Gasteiger partial charge in [0.25, 0.3) is 0 Å². The maximum Gasteiger partial charge on any atom is 0.170 e. The van der Waals surface area contributed by atoms with Crippen LogP contribution in [-0.2, 0) is 0 Å². The van der Waals surface area contributed by atoms with Crippen molar-refractivity contribution in [3.8, 4) is 34.0 Å². The van der Waals surface area contributed by atoms with E-state index in [1.807, 2.05) is 24.5 Å². The Morgan fingerprint density at radius 2 is 0.783 bits per heavy atom. The molecule has 5 aromatic rings. The zero-order valence-corrected chi connectivity index (χ0v) is 36.1. The Balaban J connectivity index is 1.21. The van der Waals surface area contributed by atoms with Gasteiger partial charge in [0.05, 0.1) is 83.1 Å². The summed E-state index contributed by atoms with van der Waals surface area (Å²) in [5.74, 6) is 1.45. The van der Waals surface area contributed by atoms with Crippen LogP contribution in [0.25, 0.3) is 68.9 Å². The van der Waals surface area contributed by atoms with E-state index < -0.39 is 0 Å². The fraction of sp³-hybridized carbons (Fsp3) is 0.480. The summed E-state index contributed by atoms with van der Waals surface area (Å²) in [4.78, 5) is 33.3. The lowest BCUT2D eigenvalue weighted by atomic mass is 10.1. The fourth-order valence-electron chi connectivity index (χ4n) is 8.34. The van der Waals surface area contributed by atoms with Crippen LogP contribution in [0.4, 0.5) is 0 Å². The van der Waals surface area contributed by atoms with Gasteiger partial charge in [-0.25, -0.2) is 19.9 Å². The van der Waals surface area contributed by atoms with E-state index in [-0.39, 0.29) is 0 Å². The lowest BCUT2D eigenvalue weighted by Crippen LogP contribution is -2.01. The van der Waals surface area contributed by atoms with Crippen molar-refractivity contribution >= 4 is 46.4 Å². The van der Waals surface area contributed by atoms with Gasteiger partial charge in [-0.05, 0) is 61.4 Å². The van der Waals surface area contributed by atoms with E-state index in [4.69, 9.17) is 19.4 Å². The van der Waals surface area contributed by atoms with Gasteiger partial charge in [-0.1, -0.05) is 129 Å². The highest BCUT2D eigenvalue weighted by atomic mass is 16.5. The lowest BCUT2D eigenvalue weighted by Gasteiger charge is -2.09. The van der Waals surface area contributed by atoms with Crippen LogP contribution < -0.4 is 9.47 Å². The number of fused-ring (bicyclic) bond motifs is 8. The third kappa shape index (κ3) is 11.5. The molecule has 0 amide bonds. The van der Waals surface area contributed by atoms with Gasteiger partial charge in [0, 0.05) is 11.1 Å². The van der Waals surface area contributed by atoms with E-state index in [0.29, 0.717) is 19.0 Å². The highest BCUT2D eigenvalue weighted by molar-refractivity contribution is 5.94. The Bertz CT molecular complexity index is 2150. The Hall–Kier alpha value is -5.38. The molecule has 0 saturated heterocycles. The van der Waals surface area contributed by atoms with Crippen molar-refractivity contribution in [3.05, 3.63) is 72.1 Å². The maximum absolute atomic E-state index is 6.71. The smallest absolute Gasteiger partial charge is 0.170 e. The summed E-state index contributed by atoms with van der Waals surface area (Å²) in [7, 11) is 0. The number of ether oxygens (including phenoxy) is 2. The van der Waals surface area contributed by atoms with Crippen LogP contribution in [0.5, 0.6) is 11.5 Å². The molecule has 7 heterocycles. The van der Waals surface area contributed by atoms with Crippen LogP contribution in [0.2, 0.25) is 0 Å². The van der Waals surface area contributed by atoms with Gasteiger partial charge < -0.3 is 29.4 Å². The maximum atomic E-state index is 6.71. The van der Waals surface area contributed by atoms with Gasteiger partial charge in [-0.2, -0.15) is 0 Å². The van der Waals surface area contributed by atoms with Crippen LogP contribution in [-0.4, -0.2) is 53.1 Å². The van der Waals surface area contributed by atoms with Crippen molar-refractivity contribution in [1.82, 2.24) is 39.9 Å². The summed E-state index contributed by atoms with van der Waals surface area (Å²) < 4.78 is 13.4. The van der Waals surface area contributed by atoms with Gasteiger partial charge in [-0.15, -0.1) is 0 Å². The van der Waals surface area contributed by atoms with Crippen LogP contribution in [0.15, 0.2) is 49.3 Å². The van der Waals surface area contributed by atoms with Crippen LogP contribution in [0.3, 0.4) is 0 Å². The van der Waals surface area contributed by atoms with Crippen molar-refractivity contribution < 1.29 is 9.47 Å². The Morgan fingerprint density at radius 3 is 1.18 bits per heavy atom. The second kappa shape index (κ2) is 22.8. The highest BCUT2D eigenvalue weighted by Gasteiger charge is 2.20. The largest absolute Gasteiger partial charge is 0.489 e. The van der Waals surface area contributed by atoms with Gasteiger partial charge in [0.1, 0.15) is 11.4 Å². The number of H-pyrrole nitrogens is 4. The van der Waals surface area contributed by atoms with Crippen LogP contribution in [0.1, 0.15) is 165 Å². The Kier molecular flexibility index (Phi) is 16.3. The first-order valence-electron chi connectivity index (χ1n) is 23.1. The number of unbranched alkanes of at least 4 members (excludes halogenated alkanes) is 18. The fourth-order valence-corrected chi connectivity index (χ4v) is 8.34. The normalized spacial score (nSPS) is 12.2. The first-order chi connectivity index (χ1) is 29.7. The monoisotopic (exact) mass is 811 g/mol. The van der Waals surface area contributed by atoms with Crippen molar-refractivity contribution in [3.63, 3.8) is 0 Å². The molecule has 0 aliphatic carbocycles. The Labute approximate surface area is 356 Å². The number of rotatable bonds is 26. The summed E-state index contributed by atoms with van der Waals surface area (Å²) in [6.07, 6.45) is 40.7. The molecule has 10 nitrogen and oxygen atoms in total.